The molecule has 7 rings (SSSR count). The lowest BCUT2D eigenvalue weighted by Gasteiger charge is -2.49. The first kappa shape index (κ1) is 29.6. The lowest BCUT2D eigenvalue weighted by molar-refractivity contribution is -0.130. The molecule has 1 aliphatic carbocycles. The molecule has 3 aromatic rings. The number of amides is 1. The molecular formula is C33H40FN7O4. The van der Waals surface area contributed by atoms with Crippen LogP contribution in [0.15, 0.2) is 23.1 Å². The van der Waals surface area contributed by atoms with Crippen molar-refractivity contribution in [3.8, 4) is 5.75 Å². The van der Waals surface area contributed by atoms with Gasteiger partial charge in [0.15, 0.2) is 11.6 Å². The van der Waals surface area contributed by atoms with Crippen molar-refractivity contribution in [1.29, 1.82) is 0 Å². The van der Waals surface area contributed by atoms with Crippen LogP contribution in [-0.4, -0.2) is 87.4 Å². The minimum Gasteiger partial charge on any atom is -0.489 e. The summed E-state index contributed by atoms with van der Waals surface area (Å²) in [6.07, 6.45) is 7.28. The van der Waals surface area contributed by atoms with Crippen LogP contribution in [0.4, 0.5) is 21.7 Å². The van der Waals surface area contributed by atoms with Crippen molar-refractivity contribution in [2.75, 3.05) is 49.5 Å². The number of ketones is 1. The topological polar surface area (TPSA) is 113 Å². The highest BCUT2D eigenvalue weighted by molar-refractivity contribution is 5.99. The maximum atomic E-state index is 15.8. The van der Waals surface area contributed by atoms with Crippen LogP contribution in [0.25, 0.3) is 11.0 Å². The third kappa shape index (κ3) is 5.32. The van der Waals surface area contributed by atoms with Gasteiger partial charge in [0.2, 0.25) is 11.9 Å². The number of hydrogen-bond acceptors (Lipinski definition) is 9. The van der Waals surface area contributed by atoms with Crippen molar-refractivity contribution < 1.29 is 18.7 Å². The van der Waals surface area contributed by atoms with E-state index in [1.165, 1.54) is 13.0 Å². The number of fused-ring (bicyclic) bond motifs is 4. The molecule has 3 aliphatic heterocycles. The molecule has 3 fully saturated rings. The predicted molar refractivity (Wildman–Crippen MR) is 169 cm³/mol. The Morgan fingerprint density at radius 3 is 2.47 bits per heavy atom. The van der Waals surface area contributed by atoms with Gasteiger partial charge >= 0.3 is 0 Å². The Hall–Kier alpha value is -4.06. The monoisotopic (exact) mass is 617 g/mol. The summed E-state index contributed by atoms with van der Waals surface area (Å²) in [7, 11) is 0. The summed E-state index contributed by atoms with van der Waals surface area (Å²) >= 11 is 0. The van der Waals surface area contributed by atoms with E-state index in [1.54, 1.807) is 30.7 Å². The number of aryl methyl sites for hydroxylation is 1. The lowest BCUT2D eigenvalue weighted by atomic mass is 9.99. The molecule has 0 unspecified atom stereocenters. The van der Waals surface area contributed by atoms with Crippen LogP contribution in [0.3, 0.4) is 0 Å². The fraction of sp³-hybridized carbons (Fsp3) is 0.545. The zero-order chi connectivity index (χ0) is 31.4. The number of nitrogens with zero attached hydrogens (tertiary/aromatic N) is 6. The number of nitrogens with one attached hydrogen (secondary N) is 1. The number of Topliss-reactive ketones (excluding diaryl/α,β-unsaturated/α-hetero) is 1. The fourth-order valence-corrected chi connectivity index (χ4v) is 7.85. The van der Waals surface area contributed by atoms with Gasteiger partial charge in [-0.25, -0.2) is 9.37 Å². The summed E-state index contributed by atoms with van der Waals surface area (Å²) in [5.41, 5.74) is 1.86. The van der Waals surface area contributed by atoms with E-state index in [-0.39, 0.29) is 46.7 Å². The SMILES string of the molecule is CC(=O)c1c(C)c2cnc(Nc3cc(F)c4c(c3)OC[C@@H]3CN(C5CCN(C(C)=O)CC5)CCN43)nc2n(C2CCCC2)c1=O. The zero-order valence-electron chi connectivity index (χ0n) is 26.1. The van der Waals surface area contributed by atoms with Gasteiger partial charge in [0.05, 0.1) is 11.6 Å². The molecule has 238 valence electrons. The second-order valence-corrected chi connectivity index (χ2v) is 12.9. The number of hydrogen-bond donors (Lipinski definition) is 1. The van der Waals surface area contributed by atoms with Gasteiger partial charge in [0, 0.05) is 75.1 Å². The first-order chi connectivity index (χ1) is 21.7. The van der Waals surface area contributed by atoms with E-state index in [0.717, 1.165) is 64.7 Å². The highest BCUT2D eigenvalue weighted by Crippen LogP contribution is 2.41. The normalized spacial score (nSPS) is 21.0. The van der Waals surface area contributed by atoms with E-state index in [1.807, 2.05) is 4.90 Å². The number of carbonyl (C=O) groups excluding carboxylic acids is 2. The van der Waals surface area contributed by atoms with E-state index < -0.39 is 0 Å². The zero-order valence-corrected chi connectivity index (χ0v) is 26.1. The molecule has 0 radical (unpaired) electrons. The number of aromatic nitrogens is 3. The molecule has 5 heterocycles. The number of ether oxygens (including phenoxy) is 1. The van der Waals surface area contributed by atoms with Gasteiger partial charge in [-0.3, -0.25) is 23.9 Å². The first-order valence-corrected chi connectivity index (χ1v) is 16.1. The Morgan fingerprint density at radius 1 is 1.00 bits per heavy atom. The largest absolute Gasteiger partial charge is 0.489 e. The molecule has 2 saturated heterocycles. The Bertz CT molecular complexity index is 1730. The number of piperazine rings is 1. The van der Waals surface area contributed by atoms with Gasteiger partial charge in [-0.1, -0.05) is 12.8 Å². The number of carbonyl (C=O) groups is 2. The predicted octanol–water partition coefficient (Wildman–Crippen LogP) is 4.19. The summed E-state index contributed by atoms with van der Waals surface area (Å²) in [6.45, 7) is 9.16. The maximum Gasteiger partial charge on any atom is 0.263 e. The van der Waals surface area contributed by atoms with Gasteiger partial charge in [-0.05, 0) is 51.2 Å². The number of benzene rings is 1. The van der Waals surface area contributed by atoms with Crippen molar-refractivity contribution in [3.05, 3.63) is 45.6 Å². The van der Waals surface area contributed by atoms with Crippen molar-refractivity contribution in [1.82, 2.24) is 24.3 Å². The van der Waals surface area contributed by atoms with Gasteiger partial charge < -0.3 is 19.9 Å². The number of piperidine rings is 1. The number of rotatable bonds is 5. The number of likely N-dealkylation sites (tertiary alicyclic amines) is 1. The van der Waals surface area contributed by atoms with Crippen LogP contribution in [0.1, 0.15) is 74.3 Å². The average Bonchev–Trinajstić information content (AvgIpc) is 3.55. The van der Waals surface area contributed by atoms with Crippen molar-refractivity contribution in [2.45, 2.75) is 77.4 Å². The summed E-state index contributed by atoms with van der Waals surface area (Å²) in [5, 5.41) is 3.79. The van der Waals surface area contributed by atoms with Crippen LogP contribution < -0.4 is 20.5 Å². The highest BCUT2D eigenvalue weighted by atomic mass is 19.1. The number of halogens is 1. The second kappa shape index (κ2) is 11.7. The van der Waals surface area contributed by atoms with Crippen LogP contribution >= 0.6 is 0 Å². The summed E-state index contributed by atoms with van der Waals surface area (Å²) < 4.78 is 23.6. The van der Waals surface area contributed by atoms with E-state index in [9.17, 15) is 14.4 Å². The van der Waals surface area contributed by atoms with Gasteiger partial charge in [-0.2, -0.15) is 4.98 Å². The summed E-state index contributed by atoms with van der Waals surface area (Å²) in [6, 6.07) is 3.66. The van der Waals surface area contributed by atoms with E-state index in [0.29, 0.717) is 52.9 Å². The van der Waals surface area contributed by atoms with Crippen LogP contribution in [0, 0.1) is 12.7 Å². The third-order valence-electron chi connectivity index (χ3n) is 10.2. The fourth-order valence-electron chi connectivity index (χ4n) is 7.85. The second-order valence-electron chi connectivity index (χ2n) is 12.9. The molecular weight excluding hydrogens is 577 g/mol. The average molecular weight is 618 g/mol. The third-order valence-corrected chi connectivity index (χ3v) is 10.2. The van der Waals surface area contributed by atoms with Crippen molar-refractivity contribution in [3.63, 3.8) is 0 Å². The molecule has 0 bridgehead atoms. The smallest absolute Gasteiger partial charge is 0.263 e. The van der Waals surface area contributed by atoms with E-state index in [4.69, 9.17) is 9.72 Å². The van der Waals surface area contributed by atoms with Crippen molar-refractivity contribution in [2.24, 2.45) is 0 Å². The Labute approximate surface area is 261 Å². The first-order valence-electron chi connectivity index (χ1n) is 16.1. The molecule has 1 atom stereocenters. The Kier molecular flexibility index (Phi) is 7.71. The molecule has 4 aliphatic rings. The minimum absolute atomic E-state index is 0.0298. The minimum atomic E-state index is -0.381. The molecule has 0 spiro atoms. The van der Waals surface area contributed by atoms with E-state index >= 15 is 4.39 Å². The molecule has 11 nitrogen and oxygen atoms in total. The molecule has 1 aromatic carbocycles. The summed E-state index contributed by atoms with van der Waals surface area (Å²) in [4.78, 5) is 53.5. The molecule has 1 N–H and O–H groups in total. The molecule has 12 heteroatoms. The van der Waals surface area contributed by atoms with Crippen LogP contribution in [0.2, 0.25) is 0 Å². The number of anilines is 3. The van der Waals surface area contributed by atoms with Crippen molar-refractivity contribution >= 4 is 40.0 Å². The molecule has 2 aromatic heterocycles. The maximum absolute atomic E-state index is 15.8. The molecule has 1 saturated carbocycles. The Balaban J connectivity index is 1.13. The standard InChI is InChI=1S/C33H40FN7O4/c1-19-26-16-35-33(37-31(26)41(24-6-4-5-7-24)32(44)29(19)20(2)42)36-22-14-27(34)30-28(15-22)45-18-25-17-39(12-13-40(25)30)23-8-10-38(11-9-23)21(3)43/h14-16,23-25H,4-13,17-18H2,1-3H3,(H,35,36,37)/t25-/m0/s1. The quantitative estimate of drug-likeness (QED) is 0.421. The summed E-state index contributed by atoms with van der Waals surface area (Å²) in [5.74, 6) is 0.198. The van der Waals surface area contributed by atoms with E-state index in [2.05, 4.69) is 20.1 Å². The highest BCUT2D eigenvalue weighted by Gasteiger charge is 2.38. The van der Waals surface area contributed by atoms with Gasteiger partial charge in [-0.15, -0.1) is 0 Å². The molecule has 45 heavy (non-hydrogen) atoms. The van der Waals surface area contributed by atoms with Gasteiger partial charge in [0.25, 0.3) is 5.56 Å². The van der Waals surface area contributed by atoms with Crippen LogP contribution in [-0.2, 0) is 4.79 Å². The van der Waals surface area contributed by atoms with Gasteiger partial charge in [0.1, 0.15) is 23.7 Å². The van der Waals surface area contributed by atoms with Crippen LogP contribution in [0.5, 0.6) is 5.75 Å². The lowest BCUT2D eigenvalue weighted by Crippen LogP contribution is -2.60. The molecule has 1 amide bonds. The Morgan fingerprint density at radius 2 is 1.76 bits per heavy atom. The number of pyridine rings is 1.